The number of methoxy groups -OCH3 is 1. The molecule has 0 saturated carbocycles. The fraction of sp³-hybridized carbons (Fsp3) is 0.462. The van der Waals surface area contributed by atoms with Crippen LogP contribution in [0.3, 0.4) is 0 Å². The Morgan fingerprint density at radius 2 is 2.20 bits per heavy atom. The minimum absolute atomic E-state index is 0.120. The van der Waals surface area contributed by atoms with Crippen molar-refractivity contribution in [1.82, 2.24) is 5.32 Å². The van der Waals surface area contributed by atoms with E-state index in [0.29, 0.717) is 18.8 Å². The number of anilines is 1. The summed E-state index contributed by atoms with van der Waals surface area (Å²) in [5, 5.41) is 16.4. The number of carbonyl (C=O) groups is 1. The van der Waals surface area contributed by atoms with E-state index in [1.165, 1.54) is 12.1 Å². The van der Waals surface area contributed by atoms with Gasteiger partial charge in [-0.1, -0.05) is 6.92 Å². The Morgan fingerprint density at radius 1 is 1.50 bits per heavy atom. The van der Waals surface area contributed by atoms with Crippen LogP contribution in [0.1, 0.15) is 17.3 Å². The molecule has 1 unspecified atom stereocenters. The summed E-state index contributed by atoms with van der Waals surface area (Å²) in [7, 11) is 3.19. The molecule has 7 nitrogen and oxygen atoms in total. The molecule has 0 spiro atoms. The lowest BCUT2D eigenvalue weighted by molar-refractivity contribution is -0.384. The van der Waals surface area contributed by atoms with Gasteiger partial charge in [0.15, 0.2) is 0 Å². The molecule has 7 heteroatoms. The van der Waals surface area contributed by atoms with Gasteiger partial charge in [-0.2, -0.15) is 0 Å². The summed E-state index contributed by atoms with van der Waals surface area (Å²) in [4.78, 5) is 22.3. The van der Waals surface area contributed by atoms with Gasteiger partial charge in [0.2, 0.25) is 0 Å². The van der Waals surface area contributed by atoms with E-state index in [2.05, 4.69) is 10.6 Å². The monoisotopic (exact) mass is 281 g/mol. The zero-order valence-corrected chi connectivity index (χ0v) is 11.8. The summed E-state index contributed by atoms with van der Waals surface area (Å²) in [6, 6.07) is 4.34. The molecule has 0 bridgehead atoms. The van der Waals surface area contributed by atoms with Crippen LogP contribution in [0.5, 0.6) is 0 Å². The molecule has 1 aromatic rings. The van der Waals surface area contributed by atoms with E-state index in [1.54, 1.807) is 20.2 Å². The summed E-state index contributed by atoms with van der Waals surface area (Å²) in [5.74, 6) is -0.158. The number of nitro benzene ring substituents is 1. The van der Waals surface area contributed by atoms with E-state index in [9.17, 15) is 14.9 Å². The molecule has 0 aliphatic carbocycles. The standard InChI is InChI=1S/C13H19N3O4/c1-9(8-20-3)7-15-13(17)10-4-5-11(14-2)12(6-10)16(18)19/h4-6,9,14H,7-8H2,1-3H3,(H,15,17). The van der Waals surface area contributed by atoms with Crippen LogP contribution in [-0.2, 0) is 4.74 Å². The molecule has 0 aliphatic heterocycles. The van der Waals surface area contributed by atoms with Crippen molar-refractivity contribution in [3.8, 4) is 0 Å². The van der Waals surface area contributed by atoms with E-state index in [4.69, 9.17) is 4.74 Å². The van der Waals surface area contributed by atoms with Gasteiger partial charge >= 0.3 is 0 Å². The Balaban J connectivity index is 2.78. The minimum Gasteiger partial charge on any atom is -0.384 e. The van der Waals surface area contributed by atoms with Crippen molar-refractivity contribution in [2.24, 2.45) is 5.92 Å². The van der Waals surface area contributed by atoms with Crippen molar-refractivity contribution in [3.63, 3.8) is 0 Å². The highest BCUT2D eigenvalue weighted by molar-refractivity contribution is 5.95. The Morgan fingerprint density at radius 3 is 2.75 bits per heavy atom. The lowest BCUT2D eigenvalue weighted by Crippen LogP contribution is -2.29. The summed E-state index contributed by atoms with van der Waals surface area (Å²) >= 11 is 0. The van der Waals surface area contributed by atoms with Gasteiger partial charge in [0, 0.05) is 32.3 Å². The molecule has 1 amide bonds. The van der Waals surface area contributed by atoms with Gasteiger partial charge in [-0.25, -0.2) is 0 Å². The smallest absolute Gasteiger partial charge is 0.293 e. The largest absolute Gasteiger partial charge is 0.384 e. The highest BCUT2D eigenvalue weighted by atomic mass is 16.6. The third-order valence-corrected chi connectivity index (χ3v) is 2.79. The average molecular weight is 281 g/mol. The SMILES string of the molecule is CNc1ccc(C(=O)NCC(C)COC)cc1[N+](=O)[O-]. The number of nitrogens with one attached hydrogen (secondary N) is 2. The van der Waals surface area contributed by atoms with Crippen LogP contribution in [0.15, 0.2) is 18.2 Å². The lowest BCUT2D eigenvalue weighted by Gasteiger charge is -2.11. The second-order valence-corrected chi connectivity index (χ2v) is 4.51. The van der Waals surface area contributed by atoms with E-state index >= 15 is 0 Å². The summed E-state index contributed by atoms with van der Waals surface area (Å²) in [5.41, 5.74) is 0.518. The van der Waals surface area contributed by atoms with Crippen LogP contribution in [0.2, 0.25) is 0 Å². The molecular weight excluding hydrogens is 262 g/mol. The number of hydrogen-bond acceptors (Lipinski definition) is 5. The molecule has 0 aromatic heterocycles. The van der Waals surface area contributed by atoms with Crippen LogP contribution >= 0.6 is 0 Å². The normalized spacial score (nSPS) is 11.8. The zero-order valence-electron chi connectivity index (χ0n) is 11.8. The molecule has 0 fully saturated rings. The molecule has 1 atom stereocenters. The van der Waals surface area contributed by atoms with Crippen molar-refractivity contribution in [1.29, 1.82) is 0 Å². The summed E-state index contributed by atoms with van der Waals surface area (Å²) in [6.07, 6.45) is 0. The maximum Gasteiger partial charge on any atom is 0.293 e. The van der Waals surface area contributed by atoms with Crippen LogP contribution in [-0.4, -0.2) is 38.1 Å². The number of amides is 1. The maximum absolute atomic E-state index is 11.9. The highest BCUT2D eigenvalue weighted by Crippen LogP contribution is 2.24. The molecule has 0 radical (unpaired) electrons. The molecule has 1 aromatic carbocycles. The van der Waals surface area contributed by atoms with Gasteiger partial charge in [0.05, 0.1) is 11.5 Å². The number of nitro groups is 1. The van der Waals surface area contributed by atoms with E-state index in [0.717, 1.165) is 0 Å². The first kappa shape index (κ1) is 15.9. The first-order valence-electron chi connectivity index (χ1n) is 6.23. The number of benzene rings is 1. The van der Waals surface area contributed by atoms with Gasteiger partial charge in [0.25, 0.3) is 11.6 Å². The van der Waals surface area contributed by atoms with Gasteiger partial charge in [-0.05, 0) is 18.1 Å². The number of carbonyl (C=O) groups excluding carboxylic acids is 1. The minimum atomic E-state index is -0.518. The van der Waals surface area contributed by atoms with Crippen molar-refractivity contribution in [3.05, 3.63) is 33.9 Å². The fourth-order valence-electron chi connectivity index (χ4n) is 1.75. The number of rotatable bonds is 7. The van der Waals surface area contributed by atoms with Crippen molar-refractivity contribution in [2.75, 3.05) is 32.6 Å². The Labute approximate surface area is 117 Å². The van der Waals surface area contributed by atoms with Gasteiger partial charge in [0.1, 0.15) is 5.69 Å². The molecular formula is C13H19N3O4. The summed E-state index contributed by atoms with van der Waals surface area (Å²) < 4.78 is 4.97. The lowest BCUT2D eigenvalue weighted by atomic mass is 10.1. The fourth-order valence-corrected chi connectivity index (χ4v) is 1.75. The zero-order chi connectivity index (χ0) is 15.1. The third kappa shape index (κ3) is 4.20. The van der Waals surface area contributed by atoms with E-state index in [-0.39, 0.29) is 23.1 Å². The van der Waals surface area contributed by atoms with Gasteiger partial charge in [-0.3, -0.25) is 14.9 Å². The predicted octanol–water partition coefficient (Wildman–Crippen LogP) is 1.65. The Hall–Kier alpha value is -2.15. The molecule has 20 heavy (non-hydrogen) atoms. The van der Waals surface area contributed by atoms with Gasteiger partial charge < -0.3 is 15.4 Å². The van der Waals surface area contributed by atoms with Crippen LogP contribution < -0.4 is 10.6 Å². The molecule has 110 valence electrons. The topological polar surface area (TPSA) is 93.5 Å². The van der Waals surface area contributed by atoms with E-state index < -0.39 is 4.92 Å². The first-order chi connectivity index (χ1) is 9.49. The Kier molecular flexibility index (Phi) is 5.92. The van der Waals surface area contributed by atoms with Crippen molar-refractivity contribution >= 4 is 17.3 Å². The maximum atomic E-state index is 11.9. The predicted molar refractivity (Wildman–Crippen MR) is 76.0 cm³/mol. The van der Waals surface area contributed by atoms with Gasteiger partial charge in [-0.15, -0.1) is 0 Å². The summed E-state index contributed by atoms with van der Waals surface area (Å²) in [6.45, 7) is 2.93. The molecule has 0 aliphatic rings. The van der Waals surface area contributed by atoms with Crippen molar-refractivity contribution in [2.45, 2.75) is 6.92 Å². The van der Waals surface area contributed by atoms with Crippen molar-refractivity contribution < 1.29 is 14.5 Å². The molecule has 1 rings (SSSR count). The molecule has 0 saturated heterocycles. The van der Waals surface area contributed by atoms with Crippen LogP contribution in [0.25, 0.3) is 0 Å². The molecule has 2 N–H and O–H groups in total. The third-order valence-electron chi connectivity index (χ3n) is 2.79. The number of nitrogens with zero attached hydrogens (tertiary/aromatic N) is 1. The van der Waals surface area contributed by atoms with Crippen LogP contribution in [0, 0.1) is 16.0 Å². The quantitative estimate of drug-likeness (QED) is 0.585. The average Bonchev–Trinajstić information content (AvgIpc) is 2.44. The molecule has 0 heterocycles. The number of hydrogen-bond donors (Lipinski definition) is 2. The van der Waals surface area contributed by atoms with Crippen LogP contribution in [0.4, 0.5) is 11.4 Å². The first-order valence-corrected chi connectivity index (χ1v) is 6.23. The highest BCUT2D eigenvalue weighted by Gasteiger charge is 2.17. The Bertz CT molecular complexity index is 491. The van der Waals surface area contributed by atoms with E-state index in [1.807, 2.05) is 6.92 Å². The number of ether oxygens (including phenoxy) is 1. The second-order valence-electron chi connectivity index (χ2n) is 4.51. The second kappa shape index (κ2) is 7.44.